The third kappa shape index (κ3) is 2.89. The van der Waals surface area contributed by atoms with E-state index in [0.29, 0.717) is 5.75 Å². The van der Waals surface area contributed by atoms with E-state index in [1.165, 1.54) is 24.8 Å². The number of hydrogen-bond donors (Lipinski definition) is 1. The van der Waals surface area contributed by atoms with Crippen molar-refractivity contribution in [1.29, 1.82) is 0 Å². The molecule has 1 heterocycles. The molecule has 2 heteroatoms. The molecule has 94 valence electrons. The number of aromatic nitrogens is 1. The molecule has 2 aromatic rings. The van der Waals surface area contributed by atoms with Gasteiger partial charge in [0.25, 0.3) is 0 Å². The molecule has 1 aromatic heterocycles. The third-order valence-electron chi connectivity index (χ3n) is 3.15. The molecule has 1 aromatic carbocycles. The minimum absolute atomic E-state index is 0.334. The lowest BCUT2D eigenvalue weighted by Crippen LogP contribution is -1.92. The van der Waals surface area contributed by atoms with E-state index in [0.717, 1.165) is 17.5 Å². The summed E-state index contributed by atoms with van der Waals surface area (Å²) in [5.41, 5.74) is 3.21. The normalized spacial score (nSPS) is 10.5. The van der Waals surface area contributed by atoms with Crippen molar-refractivity contribution in [2.45, 2.75) is 32.6 Å². The average Bonchev–Trinajstić information content (AvgIpc) is 2.40. The SMILES string of the molecule is CCCCCc1cnccc1-c1ccccc1O. The Morgan fingerprint density at radius 1 is 1.06 bits per heavy atom. The summed E-state index contributed by atoms with van der Waals surface area (Å²) in [6.45, 7) is 2.20. The summed E-state index contributed by atoms with van der Waals surface area (Å²) in [5.74, 6) is 0.334. The number of rotatable bonds is 5. The second-order valence-electron chi connectivity index (χ2n) is 4.51. The van der Waals surface area contributed by atoms with Gasteiger partial charge in [-0.25, -0.2) is 0 Å². The Bertz CT molecular complexity index is 508. The third-order valence-corrected chi connectivity index (χ3v) is 3.15. The van der Waals surface area contributed by atoms with Gasteiger partial charge in [-0.3, -0.25) is 4.98 Å². The lowest BCUT2D eigenvalue weighted by Gasteiger charge is -2.10. The molecule has 0 aliphatic rings. The Hall–Kier alpha value is -1.83. The van der Waals surface area contributed by atoms with Gasteiger partial charge in [0.1, 0.15) is 5.75 Å². The number of aryl methyl sites for hydroxylation is 1. The second kappa shape index (κ2) is 6.20. The van der Waals surface area contributed by atoms with E-state index in [-0.39, 0.29) is 0 Å². The fourth-order valence-electron chi connectivity index (χ4n) is 2.16. The summed E-state index contributed by atoms with van der Waals surface area (Å²) in [4.78, 5) is 4.20. The van der Waals surface area contributed by atoms with Gasteiger partial charge < -0.3 is 5.11 Å². The van der Waals surface area contributed by atoms with Crippen LogP contribution in [0.3, 0.4) is 0 Å². The van der Waals surface area contributed by atoms with Crippen LogP contribution in [0.4, 0.5) is 0 Å². The number of para-hydroxylation sites is 1. The van der Waals surface area contributed by atoms with E-state index in [1.54, 1.807) is 12.3 Å². The van der Waals surface area contributed by atoms with Crippen molar-refractivity contribution in [3.63, 3.8) is 0 Å². The topological polar surface area (TPSA) is 33.1 Å². The second-order valence-corrected chi connectivity index (χ2v) is 4.51. The molecule has 0 bridgehead atoms. The van der Waals surface area contributed by atoms with Crippen molar-refractivity contribution < 1.29 is 5.11 Å². The van der Waals surface area contributed by atoms with Gasteiger partial charge in [0, 0.05) is 18.0 Å². The first-order chi connectivity index (χ1) is 8.83. The first kappa shape index (κ1) is 12.6. The first-order valence-corrected chi connectivity index (χ1v) is 6.54. The maximum absolute atomic E-state index is 9.94. The van der Waals surface area contributed by atoms with Crippen molar-refractivity contribution in [1.82, 2.24) is 4.98 Å². The molecule has 0 atom stereocenters. The van der Waals surface area contributed by atoms with Crippen molar-refractivity contribution in [2.75, 3.05) is 0 Å². The van der Waals surface area contributed by atoms with Crippen LogP contribution in [0.1, 0.15) is 31.7 Å². The van der Waals surface area contributed by atoms with Gasteiger partial charge in [0.15, 0.2) is 0 Å². The van der Waals surface area contributed by atoms with Crippen LogP contribution in [0.5, 0.6) is 5.75 Å². The molecule has 0 fully saturated rings. The van der Waals surface area contributed by atoms with Crippen molar-refractivity contribution in [3.05, 3.63) is 48.3 Å². The highest BCUT2D eigenvalue weighted by molar-refractivity contribution is 5.72. The van der Waals surface area contributed by atoms with Gasteiger partial charge in [-0.15, -0.1) is 0 Å². The van der Waals surface area contributed by atoms with E-state index in [1.807, 2.05) is 30.5 Å². The molecule has 0 saturated heterocycles. The summed E-state index contributed by atoms with van der Waals surface area (Å²) in [6, 6.07) is 9.46. The van der Waals surface area contributed by atoms with Crippen LogP contribution in [0.15, 0.2) is 42.7 Å². The molecule has 0 aliphatic heterocycles. The molecule has 2 rings (SSSR count). The number of pyridine rings is 1. The smallest absolute Gasteiger partial charge is 0.123 e. The summed E-state index contributed by atoms with van der Waals surface area (Å²) >= 11 is 0. The van der Waals surface area contributed by atoms with Crippen LogP contribution >= 0.6 is 0 Å². The standard InChI is InChI=1S/C16H19NO/c1-2-3-4-7-13-12-17-11-10-14(13)15-8-5-6-9-16(15)18/h5-6,8-12,18H,2-4,7H2,1H3. The average molecular weight is 241 g/mol. The Kier molecular flexibility index (Phi) is 4.35. The first-order valence-electron chi connectivity index (χ1n) is 6.54. The number of phenolic OH excluding ortho intramolecular Hbond substituents is 1. The molecule has 0 amide bonds. The molecular weight excluding hydrogens is 222 g/mol. The zero-order chi connectivity index (χ0) is 12.8. The number of unbranched alkanes of at least 4 members (excludes halogenated alkanes) is 2. The van der Waals surface area contributed by atoms with Crippen LogP contribution in [0, 0.1) is 0 Å². The molecule has 2 nitrogen and oxygen atoms in total. The Morgan fingerprint density at radius 2 is 1.89 bits per heavy atom. The predicted molar refractivity (Wildman–Crippen MR) is 74.6 cm³/mol. The molecule has 0 radical (unpaired) electrons. The lowest BCUT2D eigenvalue weighted by molar-refractivity contribution is 0.477. The number of hydrogen-bond acceptors (Lipinski definition) is 2. The summed E-state index contributed by atoms with van der Waals surface area (Å²) in [6.07, 6.45) is 8.33. The molecular formula is C16H19NO. The molecule has 0 spiro atoms. The molecule has 1 N–H and O–H groups in total. The number of benzene rings is 1. The Labute approximate surface area is 108 Å². The van der Waals surface area contributed by atoms with Crippen LogP contribution in [0.2, 0.25) is 0 Å². The highest BCUT2D eigenvalue weighted by Crippen LogP contribution is 2.31. The molecule has 0 saturated carbocycles. The predicted octanol–water partition coefficient (Wildman–Crippen LogP) is 4.19. The maximum Gasteiger partial charge on any atom is 0.123 e. The Morgan fingerprint density at radius 3 is 2.67 bits per heavy atom. The summed E-state index contributed by atoms with van der Waals surface area (Å²) < 4.78 is 0. The fraction of sp³-hybridized carbons (Fsp3) is 0.312. The van der Waals surface area contributed by atoms with E-state index >= 15 is 0 Å². The largest absolute Gasteiger partial charge is 0.507 e. The minimum Gasteiger partial charge on any atom is -0.507 e. The monoisotopic (exact) mass is 241 g/mol. The van der Waals surface area contributed by atoms with E-state index in [4.69, 9.17) is 0 Å². The summed E-state index contributed by atoms with van der Waals surface area (Å²) in [5, 5.41) is 9.94. The Balaban J connectivity index is 2.30. The molecule has 18 heavy (non-hydrogen) atoms. The highest BCUT2D eigenvalue weighted by atomic mass is 16.3. The van der Waals surface area contributed by atoms with Crippen LogP contribution in [0.25, 0.3) is 11.1 Å². The number of nitrogens with zero attached hydrogens (tertiary/aromatic N) is 1. The van der Waals surface area contributed by atoms with Crippen LogP contribution < -0.4 is 0 Å². The van der Waals surface area contributed by atoms with E-state index in [9.17, 15) is 5.11 Å². The van der Waals surface area contributed by atoms with Crippen molar-refractivity contribution in [2.24, 2.45) is 0 Å². The summed E-state index contributed by atoms with van der Waals surface area (Å²) in [7, 11) is 0. The quantitative estimate of drug-likeness (QED) is 0.796. The van der Waals surface area contributed by atoms with Crippen molar-refractivity contribution in [3.8, 4) is 16.9 Å². The fourth-order valence-corrected chi connectivity index (χ4v) is 2.16. The van der Waals surface area contributed by atoms with Gasteiger partial charge in [-0.05, 0) is 36.1 Å². The van der Waals surface area contributed by atoms with Gasteiger partial charge in [0.05, 0.1) is 0 Å². The van der Waals surface area contributed by atoms with E-state index in [2.05, 4.69) is 11.9 Å². The number of aromatic hydroxyl groups is 1. The minimum atomic E-state index is 0.334. The lowest BCUT2D eigenvalue weighted by atomic mass is 9.97. The zero-order valence-electron chi connectivity index (χ0n) is 10.8. The molecule has 0 unspecified atom stereocenters. The van der Waals surface area contributed by atoms with Crippen LogP contribution in [-0.4, -0.2) is 10.1 Å². The van der Waals surface area contributed by atoms with E-state index < -0.39 is 0 Å². The zero-order valence-corrected chi connectivity index (χ0v) is 10.8. The number of phenols is 1. The van der Waals surface area contributed by atoms with Gasteiger partial charge in [0.2, 0.25) is 0 Å². The maximum atomic E-state index is 9.94. The van der Waals surface area contributed by atoms with Crippen molar-refractivity contribution >= 4 is 0 Å². The van der Waals surface area contributed by atoms with Gasteiger partial charge in [-0.1, -0.05) is 38.0 Å². The molecule has 0 aliphatic carbocycles. The van der Waals surface area contributed by atoms with Gasteiger partial charge >= 0.3 is 0 Å². The van der Waals surface area contributed by atoms with Crippen LogP contribution in [-0.2, 0) is 6.42 Å². The van der Waals surface area contributed by atoms with Gasteiger partial charge in [-0.2, -0.15) is 0 Å². The highest BCUT2D eigenvalue weighted by Gasteiger charge is 2.08.